The fourth-order valence-electron chi connectivity index (χ4n) is 2.02. The van der Waals surface area contributed by atoms with Gasteiger partial charge in [-0.05, 0) is 36.4 Å². The fourth-order valence-corrected chi connectivity index (χ4v) is 2.38. The number of rotatable bonds is 2. The minimum atomic E-state index is -0.979. The van der Waals surface area contributed by atoms with E-state index in [2.05, 4.69) is 25.9 Å². The van der Waals surface area contributed by atoms with Gasteiger partial charge in [-0.2, -0.15) is 0 Å². The van der Waals surface area contributed by atoms with Crippen molar-refractivity contribution in [2.45, 2.75) is 0 Å². The third kappa shape index (κ3) is 2.28. The molecule has 0 spiro atoms. The monoisotopic (exact) mass is 328 g/mol. The number of fused-ring (bicyclic) bond motifs is 1. The molecule has 0 aliphatic carbocycles. The number of carboxylic acid groups (broad SMARTS) is 1. The first-order valence-electron chi connectivity index (χ1n) is 5.90. The van der Waals surface area contributed by atoms with E-state index < -0.39 is 5.97 Å². The van der Waals surface area contributed by atoms with Crippen molar-refractivity contribution in [3.63, 3.8) is 0 Å². The largest absolute Gasteiger partial charge is 0.478 e. The number of aromatic carboxylic acids is 1. The number of hydrogen-bond acceptors (Lipinski definition) is 3. The summed E-state index contributed by atoms with van der Waals surface area (Å²) in [5.74, 6) is -0.979. The summed E-state index contributed by atoms with van der Waals surface area (Å²) >= 11 is 3.35. The molecule has 2 heterocycles. The van der Waals surface area contributed by atoms with Gasteiger partial charge in [0.05, 0.1) is 22.5 Å². The molecular formula is C15H9BrN2O2. The van der Waals surface area contributed by atoms with E-state index in [1.54, 1.807) is 36.5 Å². The maximum absolute atomic E-state index is 11.4. The lowest BCUT2D eigenvalue weighted by Crippen LogP contribution is -2.00. The van der Waals surface area contributed by atoms with Gasteiger partial charge in [-0.1, -0.05) is 22.0 Å². The molecule has 0 fully saturated rings. The van der Waals surface area contributed by atoms with Gasteiger partial charge in [-0.15, -0.1) is 0 Å². The van der Waals surface area contributed by atoms with Crippen LogP contribution in [0.25, 0.3) is 22.3 Å². The molecule has 3 aromatic rings. The minimum Gasteiger partial charge on any atom is -0.478 e. The summed E-state index contributed by atoms with van der Waals surface area (Å²) in [5.41, 5.74) is 2.06. The van der Waals surface area contributed by atoms with Crippen LogP contribution in [-0.4, -0.2) is 21.0 Å². The van der Waals surface area contributed by atoms with E-state index in [0.29, 0.717) is 22.3 Å². The van der Waals surface area contributed by atoms with Gasteiger partial charge in [-0.25, -0.2) is 9.78 Å². The fraction of sp³-hybridized carbons (Fsp3) is 0. The summed E-state index contributed by atoms with van der Waals surface area (Å²) in [6, 6.07) is 12.4. The molecular weight excluding hydrogens is 320 g/mol. The second-order valence-corrected chi connectivity index (χ2v) is 5.15. The zero-order chi connectivity index (χ0) is 14.1. The molecule has 1 N–H and O–H groups in total. The van der Waals surface area contributed by atoms with Gasteiger partial charge in [-0.3, -0.25) is 4.98 Å². The molecule has 0 radical (unpaired) electrons. The standard InChI is InChI=1S/C15H9BrN2O2/c16-9-4-5-12-10(7-9)11(15(19)20)8-14(18-12)13-3-1-2-6-17-13/h1-8H,(H,19,20). The van der Waals surface area contributed by atoms with E-state index in [4.69, 9.17) is 0 Å². The first kappa shape index (κ1) is 12.7. The zero-order valence-corrected chi connectivity index (χ0v) is 11.8. The van der Waals surface area contributed by atoms with Crippen molar-refractivity contribution in [2.24, 2.45) is 0 Å². The molecule has 4 nitrogen and oxygen atoms in total. The minimum absolute atomic E-state index is 0.219. The van der Waals surface area contributed by atoms with Crippen LogP contribution in [-0.2, 0) is 0 Å². The molecule has 5 heteroatoms. The second kappa shape index (κ2) is 5.02. The molecule has 2 aromatic heterocycles. The van der Waals surface area contributed by atoms with Crippen LogP contribution < -0.4 is 0 Å². The molecule has 98 valence electrons. The van der Waals surface area contributed by atoms with Gasteiger partial charge in [0.1, 0.15) is 0 Å². The molecule has 3 rings (SSSR count). The van der Waals surface area contributed by atoms with Crippen LogP contribution in [0.2, 0.25) is 0 Å². The van der Waals surface area contributed by atoms with Gasteiger partial charge >= 0.3 is 5.97 Å². The summed E-state index contributed by atoms with van der Waals surface area (Å²) in [5, 5.41) is 9.98. The predicted molar refractivity (Wildman–Crippen MR) is 79.6 cm³/mol. The van der Waals surface area contributed by atoms with Gasteiger partial charge in [0, 0.05) is 16.1 Å². The van der Waals surface area contributed by atoms with Gasteiger partial charge in [0.2, 0.25) is 0 Å². The lowest BCUT2D eigenvalue weighted by Gasteiger charge is -2.07. The van der Waals surface area contributed by atoms with Crippen LogP contribution in [0.3, 0.4) is 0 Å². The number of carboxylic acids is 1. The number of benzene rings is 1. The van der Waals surface area contributed by atoms with Crippen LogP contribution in [0.15, 0.2) is 53.1 Å². The Balaban J connectivity index is 2.32. The van der Waals surface area contributed by atoms with Crippen molar-refractivity contribution in [1.29, 1.82) is 0 Å². The van der Waals surface area contributed by atoms with E-state index >= 15 is 0 Å². The van der Waals surface area contributed by atoms with Gasteiger partial charge in [0.15, 0.2) is 0 Å². The van der Waals surface area contributed by atoms with Crippen molar-refractivity contribution >= 4 is 32.8 Å². The van der Waals surface area contributed by atoms with Crippen LogP contribution in [0.1, 0.15) is 10.4 Å². The quantitative estimate of drug-likeness (QED) is 0.778. The highest BCUT2D eigenvalue weighted by Gasteiger charge is 2.13. The van der Waals surface area contributed by atoms with E-state index in [0.717, 1.165) is 4.47 Å². The van der Waals surface area contributed by atoms with Crippen molar-refractivity contribution in [2.75, 3.05) is 0 Å². The summed E-state index contributed by atoms with van der Waals surface area (Å²) in [6.07, 6.45) is 1.66. The van der Waals surface area contributed by atoms with Crippen molar-refractivity contribution < 1.29 is 9.90 Å². The Bertz CT molecular complexity index is 804. The molecule has 0 amide bonds. The number of hydrogen-bond donors (Lipinski definition) is 1. The summed E-state index contributed by atoms with van der Waals surface area (Å²) in [4.78, 5) is 20.1. The normalized spacial score (nSPS) is 10.7. The Morgan fingerprint density at radius 2 is 1.95 bits per heavy atom. The average molecular weight is 329 g/mol. The lowest BCUT2D eigenvalue weighted by atomic mass is 10.1. The van der Waals surface area contributed by atoms with Gasteiger partial charge in [0.25, 0.3) is 0 Å². The number of carbonyl (C=O) groups is 1. The molecule has 0 unspecified atom stereocenters. The summed E-state index contributed by atoms with van der Waals surface area (Å²) in [6.45, 7) is 0. The zero-order valence-electron chi connectivity index (χ0n) is 10.2. The molecule has 0 saturated heterocycles. The third-order valence-corrected chi connectivity index (χ3v) is 3.42. The Labute approximate surface area is 123 Å². The Morgan fingerprint density at radius 3 is 2.65 bits per heavy atom. The first-order chi connectivity index (χ1) is 9.65. The van der Waals surface area contributed by atoms with Crippen LogP contribution in [0.4, 0.5) is 0 Å². The highest BCUT2D eigenvalue weighted by atomic mass is 79.9. The van der Waals surface area contributed by atoms with E-state index in [1.165, 1.54) is 0 Å². The van der Waals surface area contributed by atoms with E-state index in [9.17, 15) is 9.90 Å². The highest BCUT2D eigenvalue weighted by molar-refractivity contribution is 9.10. The molecule has 0 aliphatic rings. The second-order valence-electron chi connectivity index (χ2n) is 4.24. The SMILES string of the molecule is O=C(O)c1cc(-c2ccccn2)nc2ccc(Br)cc12. The topological polar surface area (TPSA) is 63.1 Å². The summed E-state index contributed by atoms with van der Waals surface area (Å²) in [7, 11) is 0. The number of pyridine rings is 2. The van der Waals surface area contributed by atoms with Crippen molar-refractivity contribution in [3.05, 3.63) is 58.7 Å². The molecule has 1 aromatic carbocycles. The Morgan fingerprint density at radius 1 is 1.10 bits per heavy atom. The van der Waals surface area contributed by atoms with Crippen LogP contribution in [0, 0.1) is 0 Å². The van der Waals surface area contributed by atoms with E-state index in [-0.39, 0.29) is 5.56 Å². The van der Waals surface area contributed by atoms with Crippen LogP contribution >= 0.6 is 15.9 Å². The van der Waals surface area contributed by atoms with Crippen LogP contribution in [0.5, 0.6) is 0 Å². The number of aromatic nitrogens is 2. The van der Waals surface area contributed by atoms with Crippen molar-refractivity contribution in [1.82, 2.24) is 9.97 Å². The number of halogens is 1. The first-order valence-corrected chi connectivity index (χ1v) is 6.69. The maximum Gasteiger partial charge on any atom is 0.336 e. The lowest BCUT2D eigenvalue weighted by molar-refractivity contribution is 0.0699. The average Bonchev–Trinajstić information content (AvgIpc) is 2.47. The maximum atomic E-state index is 11.4. The molecule has 0 bridgehead atoms. The third-order valence-electron chi connectivity index (χ3n) is 2.93. The molecule has 0 saturated carbocycles. The smallest absolute Gasteiger partial charge is 0.336 e. The molecule has 20 heavy (non-hydrogen) atoms. The number of nitrogens with zero attached hydrogens (tertiary/aromatic N) is 2. The van der Waals surface area contributed by atoms with Gasteiger partial charge < -0.3 is 5.11 Å². The molecule has 0 atom stereocenters. The predicted octanol–water partition coefficient (Wildman–Crippen LogP) is 3.76. The highest BCUT2D eigenvalue weighted by Crippen LogP contribution is 2.26. The van der Waals surface area contributed by atoms with E-state index in [1.807, 2.05) is 12.1 Å². The Kier molecular flexibility index (Phi) is 3.20. The molecule has 0 aliphatic heterocycles. The van der Waals surface area contributed by atoms with Crippen molar-refractivity contribution in [3.8, 4) is 11.4 Å². The summed E-state index contributed by atoms with van der Waals surface area (Å²) < 4.78 is 0.819. The Hall–Kier alpha value is -2.27.